The summed E-state index contributed by atoms with van der Waals surface area (Å²) in [6, 6.07) is 5.01. The minimum atomic E-state index is 0.639. The molecule has 21 heavy (non-hydrogen) atoms. The van der Waals surface area contributed by atoms with Crippen molar-refractivity contribution in [1.29, 1.82) is 0 Å². The highest BCUT2D eigenvalue weighted by Crippen LogP contribution is 2.41. The molecule has 1 aromatic heterocycles. The maximum atomic E-state index is 4.74. The third kappa shape index (κ3) is 3.15. The van der Waals surface area contributed by atoms with Gasteiger partial charge in [0.2, 0.25) is 0 Å². The Morgan fingerprint density at radius 1 is 1.29 bits per heavy atom. The van der Waals surface area contributed by atoms with Crippen LogP contribution in [0.4, 0.5) is 0 Å². The summed E-state index contributed by atoms with van der Waals surface area (Å²) in [5, 5.41) is 3.84. The summed E-state index contributed by atoms with van der Waals surface area (Å²) in [5.41, 5.74) is 2.88. The zero-order valence-electron chi connectivity index (χ0n) is 13.6. The molecule has 1 fully saturated rings. The summed E-state index contributed by atoms with van der Waals surface area (Å²) in [7, 11) is 0. The van der Waals surface area contributed by atoms with Crippen LogP contribution in [0.2, 0.25) is 0 Å². The third-order valence-electron chi connectivity index (χ3n) is 5.78. The highest BCUT2D eigenvalue weighted by molar-refractivity contribution is 5.30. The van der Waals surface area contributed by atoms with Gasteiger partial charge in [-0.15, -0.1) is 0 Å². The Kier molecular flexibility index (Phi) is 4.95. The van der Waals surface area contributed by atoms with Crippen molar-refractivity contribution in [2.45, 2.75) is 70.8 Å². The van der Waals surface area contributed by atoms with E-state index in [4.69, 9.17) is 4.98 Å². The molecule has 0 bridgehead atoms. The van der Waals surface area contributed by atoms with E-state index in [1.807, 2.05) is 6.20 Å². The number of likely N-dealkylation sites (N-methyl/N-ethyl adjacent to an activating group) is 1. The maximum Gasteiger partial charge on any atom is 0.0482 e. The van der Waals surface area contributed by atoms with Gasteiger partial charge in [0, 0.05) is 23.9 Å². The van der Waals surface area contributed by atoms with E-state index in [1.165, 1.54) is 56.2 Å². The summed E-state index contributed by atoms with van der Waals surface area (Å²) >= 11 is 0. The normalized spacial score (nSPS) is 30.1. The lowest BCUT2D eigenvalue weighted by atomic mass is 9.73. The van der Waals surface area contributed by atoms with Gasteiger partial charge in [-0.25, -0.2) is 0 Å². The summed E-state index contributed by atoms with van der Waals surface area (Å²) in [4.78, 5) is 4.74. The number of nitrogens with zero attached hydrogens (tertiary/aromatic N) is 1. The lowest BCUT2D eigenvalue weighted by Gasteiger charge is -2.38. The van der Waals surface area contributed by atoms with Crippen LogP contribution in [0.15, 0.2) is 18.3 Å². The van der Waals surface area contributed by atoms with Crippen molar-refractivity contribution in [2.75, 3.05) is 6.54 Å². The van der Waals surface area contributed by atoms with E-state index in [0.29, 0.717) is 12.0 Å². The topological polar surface area (TPSA) is 24.9 Å². The number of hydrogen-bond acceptors (Lipinski definition) is 2. The lowest BCUT2D eigenvalue weighted by molar-refractivity contribution is 0.190. The van der Waals surface area contributed by atoms with Crippen LogP contribution in [0.1, 0.15) is 69.5 Å². The molecule has 0 amide bonds. The maximum absolute atomic E-state index is 4.74. The number of aromatic nitrogens is 1. The number of fused-ring (bicyclic) bond motifs is 1. The number of pyridine rings is 1. The van der Waals surface area contributed by atoms with Crippen LogP contribution in [0, 0.1) is 11.8 Å². The Morgan fingerprint density at radius 2 is 2.19 bits per heavy atom. The van der Waals surface area contributed by atoms with Gasteiger partial charge in [-0.2, -0.15) is 0 Å². The van der Waals surface area contributed by atoms with Crippen molar-refractivity contribution in [1.82, 2.24) is 10.3 Å². The fourth-order valence-corrected chi connectivity index (χ4v) is 4.70. The van der Waals surface area contributed by atoms with E-state index in [1.54, 1.807) is 0 Å². The van der Waals surface area contributed by atoms with Crippen molar-refractivity contribution < 1.29 is 0 Å². The van der Waals surface area contributed by atoms with Crippen LogP contribution >= 0.6 is 0 Å². The van der Waals surface area contributed by atoms with Crippen molar-refractivity contribution in [3.63, 3.8) is 0 Å². The molecule has 0 radical (unpaired) electrons. The summed E-state index contributed by atoms with van der Waals surface area (Å²) < 4.78 is 0. The second-order valence-electron chi connectivity index (χ2n) is 6.98. The molecule has 1 saturated carbocycles. The number of rotatable bonds is 5. The standard InChI is InChI=1S/C19H30N2/c1-3-14-7-5-8-16(13-14)19(20-4-2)17-11-10-15-9-6-12-21-18(15)17/h6,9,12,14,16-17,19-20H,3-5,7-8,10-11,13H2,1-2H3. The molecule has 2 heteroatoms. The zero-order valence-corrected chi connectivity index (χ0v) is 13.6. The molecular weight excluding hydrogens is 256 g/mol. The van der Waals surface area contributed by atoms with E-state index in [0.717, 1.165) is 18.4 Å². The first-order chi connectivity index (χ1) is 10.3. The first kappa shape index (κ1) is 15.0. The molecule has 4 unspecified atom stereocenters. The molecule has 116 valence electrons. The Labute approximate surface area is 129 Å². The Hall–Kier alpha value is -0.890. The molecule has 0 aliphatic heterocycles. The lowest BCUT2D eigenvalue weighted by Crippen LogP contribution is -2.42. The highest BCUT2D eigenvalue weighted by Gasteiger charge is 2.36. The van der Waals surface area contributed by atoms with Crippen molar-refractivity contribution in [3.05, 3.63) is 29.6 Å². The summed E-state index contributed by atoms with van der Waals surface area (Å²) in [5.74, 6) is 2.44. The van der Waals surface area contributed by atoms with Crippen LogP contribution in [-0.2, 0) is 6.42 Å². The Morgan fingerprint density at radius 3 is 3.00 bits per heavy atom. The van der Waals surface area contributed by atoms with E-state index >= 15 is 0 Å². The molecule has 0 aromatic carbocycles. The van der Waals surface area contributed by atoms with Gasteiger partial charge in [0.05, 0.1) is 0 Å². The van der Waals surface area contributed by atoms with Gasteiger partial charge in [-0.3, -0.25) is 4.98 Å². The fraction of sp³-hybridized carbons (Fsp3) is 0.737. The first-order valence-electron chi connectivity index (χ1n) is 9.00. The van der Waals surface area contributed by atoms with Gasteiger partial charge >= 0.3 is 0 Å². The van der Waals surface area contributed by atoms with Crippen molar-refractivity contribution in [3.8, 4) is 0 Å². The number of aryl methyl sites for hydroxylation is 1. The predicted octanol–water partition coefficient (Wildman–Crippen LogP) is 4.31. The third-order valence-corrected chi connectivity index (χ3v) is 5.78. The molecule has 1 aromatic rings. The van der Waals surface area contributed by atoms with Crippen LogP contribution in [0.25, 0.3) is 0 Å². The molecule has 4 atom stereocenters. The van der Waals surface area contributed by atoms with Gasteiger partial charge in [0.1, 0.15) is 0 Å². The minimum absolute atomic E-state index is 0.639. The Balaban J connectivity index is 1.79. The average Bonchev–Trinajstić information content (AvgIpc) is 2.96. The fourth-order valence-electron chi connectivity index (χ4n) is 4.70. The SMILES string of the molecule is CCNC(C1CCCC(CC)C1)C1CCc2cccnc21. The molecular formula is C19H30N2. The van der Waals surface area contributed by atoms with Gasteiger partial charge < -0.3 is 5.32 Å². The van der Waals surface area contributed by atoms with E-state index in [-0.39, 0.29) is 0 Å². The van der Waals surface area contributed by atoms with Gasteiger partial charge in [-0.1, -0.05) is 39.2 Å². The quantitative estimate of drug-likeness (QED) is 0.872. The number of nitrogens with one attached hydrogen (secondary N) is 1. The molecule has 0 spiro atoms. The first-order valence-corrected chi connectivity index (χ1v) is 9.00. The summed E-state index contributed by atoms with van der Waals surface area (Å²) in [6.07, 6.45) is 11.6. The van der Waals surface area contributed by atoms with E-state index in [9.17, 15) is 0 Å². The van der Waals surface area contributed by atoms with Gasteiger partial charge in [0.15, 0.2) is 0 Å². The minimum Gasteiger partial charge on any atom is -0.313 e. The van der Waals surface area contributed by atoms with E-state index < -0.39 is 0 Å². The predicted molar refractivity (Wildman–Crippen MR) is 88.5 cm³/mol. The molecule has 2 aliphatic carbocycles. The van der Waals surface area contributed by atoms with Gasteiger partial charge in [0.25, 0.3) is 0 Å². The second-order valence-corrected chi connectivity index (χ2v) is 6.98. The zero-order chi connectivity index (χ0) is 14.7. The average molecular weight is 286 g/mol. The van der Waals surface area contributed by atoms with Crippen LogP contribution < -0.4 is 5.32 Å². The molecule has 3 rings (SSSR count). The van der Waals surface area contributed by atoms with Crippen LogP contribution in [0.3, 0.4) is 0 Å². The summed E-state index contributed by atoms with van der Waals surface area (Å²) in [6.45, 7) is 5.69. The molecule has 1 heterocycles. The Bertz CT molecular complexity index is 457. The monoisotopic (exact) mass is 286 g/mol. The van der Waals surface area contributed by atoms with Gasteiger partial charge in [-0.05, 0) is 55.7 Å². The van der Waals surface area contributed by atoms with Crippen molar-refractivity contribution >= 4 is 0 Å². The largest absolute Gasteiger partial charge is 0.313 e. The molecule has 1 N–H and O–H groups in total. The molecule has 0 saturated heterocycles. The highest BCUT2D eigenvalue weighted by atomic mass is 14.9. The molecule has 2 nitrogen and oxygen atoms in total. The second kappa shape index (κ2) is 6.91. The van der Waals surface area contributed by atoms with E-state index in [2.05, 4.69) is 31.3 Å². The van der Waals surface area contributed by atoms with Crippen molar-refractivity contribution in [2.24, 2.45) is 11.8 Å². The van der Waals surface area contributed by atoms with Crippen LogP contribution in [0.5, 0.6) is 0 Å². The smallest absolute Gasteiger partial charge is 0.0482 e. The number of hydrogen-bond donors (Lipinski definition) is 1. The van der Waals surface area contributed by atoms with Crippen LogP contribution in [-0.4, -0.2) is 17.6 Å². The molecule has 2 aliphatic rings.